The number of rotatable bonds is 4. The molecular formula is C21H20N4S. The molecule has 2 aliphatic carbocycles. The van der Waals surface area contributed by atoms with E-state index in [1.807, 2.05) is 23.6 Å². The maximum Gasteiger partial charge on any atom is 0.160 e. The fourth-order valence-corrected chi connectivity index (χ4v) is 5.35. The standard InChI is InChI=1S/C21H20N4S/c1-2-6-18-16(4-1)23-19(26-18)12-13-10-15(11-13)25-20(14-7-8-14)24-17-5-3-9-22-21(17)25/h1-6,9,13-15H,7-8,10-12H2. The van der Waals surface area contributed by atoms with Crippen LogP contribution in [0, 0.1) is 5.92 Å². The number of pyridine rings is 1. The number of hydrogen-bond donors (Lipinski definition) is 0. The van der Waals surface area contributed by atoms with E-state index in [4.69, 9.17) is 9.97 Å². The molecule has 2 aliphatic rings. The Kier molecular flexibility index (Phi) is 3.21. The van der Waals surface area contributed by atoms with Gasteiger partial charge in [-0.15, -0.1) is 11.3 Å². The molecule has 2 saturated carbocycles. The maximum absolute atomic E-state index is 4.91. The monoisotopic (exact) mass is 360 g/mol. The van der Waals surface area contributed by atoms with Gasteiger partial charge in [0.25, 0.3) is 0 Å². The van der Waals surface area contributed by atoms with Crippen molar-refractivity contribution in [3.05, 3.63) is 53.4 Å². The first kappa shape index (κ1) is 14.9. The first-order chi connectivity index (χ1) is 12.8. The number of nitrogens with zero attached hydrogens (tertiary/aromatic N) is 4. The van der Waals surface area contributed by atoms with Crippen LogP contribution in [-0.2, 0) is 6.42 Å². The molecule has 0 bridgehead atoms. The predicted molar refractivity (Wildman–Crippen MR) is 105 cm³/mol. The Morgan fingerprint density at radius 3 is 2.69 bits per heavy atom. The zero-order valence-electron chi connectivity index (χ0n) is 14.5. The highest BCUT2D eigenvalue weighted by Crippen LogP contribution is 2.47. The van der Waals surface area contributed by atoms with Gasteiger partial charge in [0.15, 0.2) is 5.65 Å². The highest BCUT2D eigenvalue weighted by Gasteiger charge is 2.37. The molecule has 4 nitrogen and oxygen atoms in total. The molecule has 0 radical (unpaired) electrons. The lowest BCUT2D eigenvalue weighted by atomic mass is 9.78. The summed E-state index contributed by atoms with van der Waals surface area (Å²) in [4.78, 5) is 14.4. The first-order valence-electron chi connectivity index (χ1n) is 9.52. The smallest absolute Gasteiger partial charge is 0.160 e. The molecule has 4 aromatic rings. The van der Waals surface area contributed by atoms with Gasteiger partial charge in [0, 0.05) is 24.6 Å². The van der Waals surface area contributed by atoms with E-state index in [1.165, 1.54) is 41.2 Å². The first-order valence-corrected chi connectivity index (χ1v) is 10.3. The lowest BCUT2D eigenvalue weighted by Gasteiger charge is -2.37. The van der Waals surface area contributed by atoms with Crippen molar-refractivity contribution < 1.29 is 0 Å². The van der Waals surface area contributed by atoms with Crippen LogP contribution in [0.1, 0.15) is 48.5 Å². The Morgan fingerprint density at radius 1 is 1.00 bits per heavy atom. The topological polar surface area (TPSA) is 43.6 Å². The Bertz CT molecular complexity index is 1070. The van der Waals surface area contributed by atoms with Crippen LogP contribution in [0.2, 0.25) is 0 Å². The van der Waals surface area contributed by atoms with Crippen molar-refractivity contribution in [1.82, 2.24) is 19.5 Å². The van der Waals surface area contributed by atoms with Gasteiger partial charge >= 0.3 is 0 Å². The van der Waals surface area contributed by atoms with Crippen molar-refractivity contribution in [3.8, 4) is 0 Å². The number of fused-ring (bicyclic) bond motifs is 2. The van der Waals surface area contributed by atoms with E-state index >= 15 is 0 Å². The van der Waals surface area contributed by atoms with Crippen molar-refractivity contribution in [3.63, 3.8) is 0 Å². The van der Waals surface area contributed by atoms with Crippen LogP contribution in [0.25, 0.3) is 21.4 Å². The molecule has 2 fully saturated rings. The largest absolute Gasteiger partial charge is 0.309 e. The molecule has 5 heteroatoms. The van der Waals surface area contributed by atoms with E-state index in [-0.39, 0.29) is 0 Å². The van der Waals surface area contributed by atoms with E-state index < -0.39 is 0 Å². The lowest BCUT2D eigenvalue weighted by Crippen LogP contribution is -2.29. The predicted octanol–water partition coefficient (Wildman–Crippen LogP) is 5.11. The summed E-state index contributed by atoms with van der Waals surface area (Å²) in [5.74, 6) is 2.67. The molecule has 0 N–H and O–H groups in total. The number of benzene rings is 1. The van der Waals surface area contributed by atoms with Gasteiger partial charge in [0.2, 0.25) is 0 Å². The highest BCUT2D eigenvalue weighted by atomic mass is 32.1. The van der Waals surface area contributed by atoms with Gasteiger partial charge in [-0.25, -0.2) is 15.0 Å². The van der Waals surface area contributed by atoms with Gasteiger partial charge < -0.3 is 4.57 Å². The number of aromatic nitrogens is 4. The van der Waals surface area contributed by atoms with Crippen molar-refractivity contribution in [2.75, 3.05) is 0 Å². The molecule has 0 spiro atoms. The highest BCUT2D eigenvalue weighted by molar-refractivity contribution is 7.18. The Balaban J connectivity index is 1.24. The number of hydrogen-bond acceptors (Lipinski definition) is 4. The SMILES string of the molecule is c1ccc2sc(CC3CC(n4c(C5CC5)nc5cccnc54)C3)nc2c1. The third kappa shape index (κ3) is 2.37. The van der Waals surface area contributed by atoms with Crippen molar-refractivity contribution >= 4 is 32.7 Å². The summed E-state index contributed by atoms with van der Waals surface area (Å²) in [6, 6.07) is 13.1. The molecule has 3 heterocycles. The Hall–Kier alpha value is -2.27. The minimum atomic E-state index is 0.560. The summed E-state index contributed by atoms with van der Waals surface area (Å²) in [6.45, 7) is 0. The van der Waals surface area contributed by atoms with Crippen LogP contribution in [0.5, 0.6) is 0 Å². The molecule has 0 atom stereocenters. The van der Waals surface area contributed by atoms with Crippen LogP contribution in [0.3, 0.4) is 0 Å². The average molecular weight is 360 g/mol. The van der Waals surface area contributed by atoms with E-state index in [9.17, 15) is 0 Å². The van der Waals surface area contributed by atoms with E-state index in [0.717, 1.165) is 29.0 Å². The summed E-state index contributed by atoms with van der Waals surface area (Å²) in [5, 5.41) is 1.28. The van der Waals surface area contributed by atoms with E-state index in [1.54, 1.807) is 0 Å². The number of para-hydroxylation sites is 1. The van der Waals surface area contributed by atoms with Gasteiger partial charge in [-0.3, -0.25) is 0 Å². The quantitative estimate of drug-likeness (QED) is 0.508. The Morgan fingerprint density at radius 2 is 1.85 bits per heavy atom. The van der Waals surface area contributed by atoms with Crippen LogP contribution >= 0.6 is 11.3 Å². The van der Waals surface area contributed by atoms with Gasteiger partial charge in [0.1, 0.15) is 11.3 Å². The van der Waals surface area contributed by atoms with E-state index in [0.29, 0.717) is 12.0 Å². The number of imidazole rings is 1. The van der Waals surface area contributed by atoms with Gasteiger partial charge in [0.05, 0.1) is 15.2 Å². The number of thiazole rings is 1. The van der Waals surface area contributed by atoms with Crippen LogP contribution in [0.15, 0.2) is 42.6 Å². The zero-order valence-corrected chi connectivity index (χ0v) is 15.3. The van der Waals surface area contributed by atoms with E-state index in [2.05, 4.69) is 39.9 Å². The molecular weight excluding hydrogens is 340 g/mol. The Labute approximate surface area is 155 Å². The summed E-state index contributed by atoms with van der Waals surface area (Å²) < 4.78 is 3.76. The third-order valence-corrected chi connectivity index (χ3v) is 6.85. The van der Waals surface area contributed by atoms with Gasteiger partial charge in [-0.05, 0) is 55.9 Å². The fourth-order valence-electron chi connectivity index (χ4n) is 4.27. The summed E-state index contributed by atoms with van der Waals surface area (Å²) in [6.07, 6.45) is 8.01. The molecule has 0 amide bonds. The van der Waals surface area contributed by atoms with Crippen molar-refractivity contribution in [1.29, 1.82) is 0 Å². The second-order valence-electron chi connectivity index (χ2n) is 7.73. The molecule has 130 valence electrons. The normalized spacial score (nSPS) is 22.8. The molecule has 0 aliphatic heterocycles. The van der Waals surface area contributed by atoms with Crippen molar-refractivity contribution in [2.24, 2.45) is 5.92 Å². The zero-order chi connectivity index (χ0) is 17.1. The van der Waals surface area contributed by atoms with Gasteiger partial charge in [-0.2, -0.15) is 0 Å². The minimum absolute atomic E-state index is 0.560. The summed E-state index contributed by atoms with van der Waals surface area (Å²) >= 11 is 1.85. The second kappa shape index (κ2) is 5.61. The van der Waals surface area contributed by atoms with Crippen molar-refractivity contribution in [2.45, 2.75) is 44.1 Å². The van der Waals surface area contributed by atoms with Crippen LogP contribution < -0.4 is 0 Å². The molecule has 6 rings (SSSR count). The lowest BCUT2D eigenvalue weighted by molar-refractivity contribution is 0.196. The fraction of sp³-hybridized carbons (Fsp3) is 0.381. The summed E-state index contributed by atoms with van der Waals surface area (Å²) in [7, 11) is 0. The maximum atomic E-state index is 4.91. The van der Waals surface area contributed by atoms with Crippen LogP contribution in [0.4, 0.5) is 0 Å². The average Bonchev–Trinajstić information content (AvgIpc) is 3.28. The molecule has 0 saturated heterocycles. The molecule has 1 aromatic carbocycles. The molecule has 0 unspecified atom stereocenters. The summed E-state index contributed by atoms with van der Waals surface area (Å²) in [5.41, 5.74) is 3.28. The van der Waals surface area contributed by atoms with Crippen LogP contribution in [-0.4, -0.2) is 19.5 Å². The molecule has 26 heavy (non-hydrogen) atoms. The molecule has 3 aromatic heterocycles. The third-order valence-electron chi connectivity index (χ3n) is 5.80. The minimum Gasteiger partial charge on any atom is -0.309 e. The van der Waals surface area contributed by atoms with Gasteiger partial charge in [-0.1, -0.05) is 12.1 Å². The second-order valence-corrected chi connectivity index (χ2v) is 8.85.